The summed E-state index contributed by atoms with van der Waals surface area (Å²) in [4.78, 5) is 22.9. The van der Waals surface area contributed by atoms with E-state index in [9.17, 15) is 9.59 Å². The summed E-state index contributed by atoms with van der Waals surface area (Å²) < 4.78 is 10.1. The standard InChI is InChI=1S/C17H26N2O4.ClH/c1-12(2)11-15(18)17(21)19-13-6-8-14(9-7-13)23-10-4-5-16(20)22-3;/h6-9,12,15H,4-5,10-11,18H2,1-3H3,(H,19,21);1H/t15-;/m0./s1. The topological polar surface area (TPSA) is 90.6 Å². The van der Waals surface area contributed by atoms with Gasteiger partial charge in [-0.3, -0.25) is 9.59 Å². The van der Waals surface area contributed by atoms with E-state index in [4.69, 9.17) is 10.5 Å². The van der Waals surface area contributed by atoms with E-state index in [1.54, 1.807) is 24.3 Å². The number of carbonyl (C=O) groups excluding carboxylic acids is 2. The third-order valence-electron chi connectivity index (χ3n) is 3.21. The number of ether oxygens (including phenoxy) is 2. The van der Waals surface area contributed by atoms with Crippen molar-refractivity contribution in [2.75, 3.05) is 19.0 Å². The molecule has 0 fully saturated rings. The zero-order valence-corrected chi connectivity index (χ0v) is 15.2. The molecule has 0 spiro atoms. The van der Waals surface area contributed by atoms with E-state index < -0.39 is 6.04 Å². The van der Waals surface area contributed by atoms with Crippen LogP contribution in [0.25, 0.3) is 0 Å². The summed E-state index contributed by atoms with van der Waals surface area (Å²) in [7, 11) is 1.36. The van der Waals surface area contributed by atoms with E-state index in [0.717, 1.165) is 0 Å². The van der Waals surface area contributed by atoms with Crippen LogP contribution in [0.2, 0.25) is 0 Å². The van der Waals surface area contributed by atoms with E-state index in [1.165, 1.54) is 7.11 Å². The lowest BCUT2D eigenvalue weighted by molar-refractivity contribution is -0.140. The maximum absolute atomic E-state index is 11.9. The van der Waals surface area contributed by atoms with Crippen LogP contribution in [-0.4, -0.2) is 31.6 Å². The number of amides is 1. The largest absolute Gasteiger partial charge is 0.494 e. The molecule has 1 amide bonds. The predicted molar refractivity (Wildman–Crippen MR) is 96.5 cm³/mol. The molecule has 0 aliphatic rings. The summed E-state index contributed by atoms with van der Waals surface area (Å²) in [6.45, 7) is 4.49. The Morgan fingerprint density at radius 3 is 2.38 bits per heavy atom. The first-order valence-corrected chi connectivity index (χ1v) is 7.78. The molecule has 136 valence electrons. The van der Waals surface area contributed by atoms with Crippen LogP contribution in [-0.2, 0) is 14.3 Å². The zero-order valence-electron chi connectivity index (χ0n) is 14.4. The first-order chi connectivity index (χ1) is 10.9. The highest BCUT2D eigenvalue weighted by molar-refractivity contribution is 5.94. The molecular formula is C17H27ClN2O4. The number of esters is 1. The van der Waals surface area contributed by atoms with Crippen molar-refractivity contribution in [1.29, 1.82) is 0 Å². The number of methoxy groups -OCH3 is 1. The average molecular weight is 359 g/mol. The van der Waals surface area contributed by atoms with Gasteiger partial charge < -0.3 is 20.5 Å². The maximum atomic E-state index is 11.9. The highest BCUT2D eigenvalue weighted by Gasteiger charge is 2.14. The van der Waals surface area contributed by atoms with Crippen molar-refractivity contribution in [2.24, 2.45) is 11.7 Å². The van der Waals surface area contributed by atoms with Gasteiger partial charge in [0, 0.05) is 12.1 Å². The summed E-state index contributed by atoms with van der Waals surface area (Å²) in [6, 6.07) is 6.54. The SMILES string of the molecule is COC(=O)CCCOc1ccc(NC(=O)[C@@H](N)CC(C)C)cc1.Cl. The molecule has 3 N–H and O–H groups in total. The van der Waals surface area contributed by atoms with Crippen LogP contribution in [0.15, 0.2) is 24.3 Å². The molecular weight excluding hydrogens is 332 g/mol. The first-order valence-electron chi connectivity index (χ1n) is 7.78. The molecule has 1 atom stereocenters. The van der Waals surface area contributed by atoms with Crippen molar-refractivity contribution in [3.63, 3.8) is 0 Å². The van der Waals surface area contributed by atoms with Crippen LogP contribution in [0.4, 0.5) is 5.69 Å². The van der Waals surface area contributed by atoms with Gasteiger partial charge in [-0.05, 0) is 43.0 Å². The fourth-order valence-electron chi connectivity index (χ4n) is 1.99. The Balaban J connectivity index is 0.00000529. The average Bonchev–Trinajstić information content (AvgIpc) is 2.52. The van der Waals surface area contributed by atoms with Gasteiger partial charge in [0.05, 0.1) is 19.8 Å². The molecule has 0 aliphatic carbocycles. The quantitative estimate of drug-likeness (QED) is 0.523. The molecule has 0 radical (unpaired) electrons. The first kappa shape index (κ1) is 22.2. The Labute approximate surface area is 149 Å². The molecule has 0 heterocycles. The molecule has 0 bridgehead atoms. The van der Waals surface area contributed by atoms with E-state index in [2.05, 4.69) is 10.1 Å². The van der Waals surface area contributed by atoms with Crippen molar-refractivity contribution in [3.05, 3.63) is 24.3 Å². The molecule has 24 heavy (non-hydrogen) atoms. The van der Waals surface area contributed by atoms with Crippen LogP contribution in [0.1, 0.15) is 33.1 Å². The Hall–Kier alpha value is -1.79. The van der Waals surface area contributed by atoms with E-state index in [-0.39, 0.29) is 24.3 Å². The van der Waals surface area contributed by atoms with Crippen LogP contribution < -0.4 is 15.8 Å². The van der Waals surface area contributed by atoms with Crippen molar-refractivity contribution < 1.29 is 19.1 Å². The highest BCUT2D eigenvalue weighted by atomic mass is 35.5. The van der Waals surface area contributed by atoms with Crippen molar-refractivity contribution in [3.8, 4) is 5.75 Å². The van der Waals surface area contributed by atoms with Crippen molar-refractivity contribution >= 4 is 30.0 Å². The summed E-state index contributed by atoms with van der Waals surface area (Å²) in [5, 5.41) is 2.78. The summed E-state index contributed by atoms with van der Waals surface area (Å²) in [5.74, 6) is 0.616. The number of hydrogen-bond acceptors (Lipinski definition) is 5. The van der Waals surface area contributed by atoms with Gasteiger partial charge in [-0.2, -0.15) is 0 Å². The minimum Gasteiger partial charge on any atom is -0.494 e. The molecule has 0 saturated heterocycles. The zero-order chi connectivity index (χ0) is 17.2. The number of nitrogens with two attached hydrogens (primary N) is 1. The van der Waals surface area contributed by atoms with Crippen LogP contribution >= 0.6 is 12.4 Å². The molecule has 0 unspecified atom stereocenters. The van der Waals surface area contributed by atoms with Gasteiger partial charge in [-0.15, -0.1) is 12.4 Å². The van der Waals surface area contributed by atoms with Gasteiger partial charge in [0.1, 0.15) is 5.75 Å². The maximum Gasteiger partial charge on any atom is 0.305 e. The predicted octanol–water partition coefficient (Wildman–Crippen LogP) is 2.75. The monoisotopic (exact) mass is 358 g/mol. The third kappa shape index (κ3) is 8.74. The summed E-state index contributed by atoms with van der Waals surface area (Å²) >= 11 is 0. The van der Waals surface area contributed by atoms with E-state index in [0.29, 0.717) is 43.2 Å². The number of carbonyl (C=O) groups is 2. The van der Waals surface area contributed by atoms with Crippen LogP contribution in [0.5, 0.6) is 5.75 Å². The molecule has 0 saturated carbocycles. The minimum absolute atomic E-state index is 0. The molecule has 6 nitrogen and oxygen atoms in total. The third-order valence-corrected chi connectivity index (χ3v) is 3.21. The Kier molecular flexibility index (Phi) is 10.8. The number of benzene rings is 1. The Morgan fingerprint density at radius 1 is 1.21 bits per heavy atom. The fourth-order valence-corrected chi connectivity index (χ4v) is 1.99. The second-order valence-corrected chi connectivity index (χ2v) is 5.78. The minimum atomic E-state index is -0.510. The molecule has 0 aliphatic heterocycles. The number of halogens is 1. The van der Waals surface area contributed by atoms with E-state index in [1.807, 2.05) is 13.8 Å². The second kappa shape index (κ2) is 11.7. The fraction of sp³-hybridized carbons (Fsp3) is 0.529. The van der Waals surface area contributed by atoms with Crippen LogP contribution in [0, 0.1) is 5.92 Å². The van der Waals surface area contributed by atoms with Gasteiger partial charge in [-0.25, -0.2) is 0 Å². The van der Waals surface area contributed by atoms with Crippen molar-refractivity contribution in [2.45, 2.75) is 39.2 Å². The number of anilines is 1. The van der Waals surface area contributed by atoms with Gasteiger partial charge >= 0.3 is 5.97 Å². The molecule has 7 heteroatoms. The normalized spacial score (nSPS) is 11.4. The van der Waals surface area contributed by atoms with Gasteiger partial charge in [0.15, 0.2) is 0 Å². The molecule has 1 aromatic rings. The number of hydrogen-bond donors (Lipinski definition) is 2. The smallest absolute Gasteiger partial charge is 0.305 e. The molecule has 0 aromatic heterocycles. The Morgan fingerprint density at radius 2 is 1.83 bits per heavy atom. The summed E-state index contributed by atoms with van der Waals surface area (Å²) in [5.41, 5.74) is 6.52. The van der Waals surface area contributed by atoms with Gasteiger partial charge in [-0.1, -0.05) is 13.8 Å². The summed E-state index contributed by atoms with van der Waals surface area (Å²) in [6.07, 6.45) is 1.57. The lowest BCUT2D eigenvalue weighted by Crippen LogP contribution is -2.36. The lowest BCUT2D eigenvalue weighted by Gasteiger charge is -2.14. The second-order valence-electron chi connectivity index (χ2n) is 5.78. The lowest BCUT2D eigenvalue weighted by atomic mass is 10.0. The van der Waals surface area contributed by atoms with Gasteiger partial charge in [0.25, 0.3) is 0 Å². The number of nitrogens with one attached hydrogen (secondary N) is 1. The highest BCUT2D eigenvalue weighted by Crippen LogP contribution is 2.16. The van der Waals surface area contributed by atoms with E-state index >= 15 is 0 Å². The van der Waals surface area contributed by atoms with Crippen LogP contribution in [0.3, 0.4) is 0 Å². The molecule has 1 rings (SSSR count). The van der Waals surface area contributed by atoms with Crippen molar-refractivity contribution in [1.82, 2.24) is 0 Å². The molecule has 1 aromatic carbocycles. The number of rotatable bonds is 9. The Bertz CT molecular complexity index is 506. The van der Waals surface area contributed by atoms with Gasteiger partial charge in [0.2, 0.25) is 5.91 Å².